The maximum Gasteiger partial charge on any atom is 0.252 e. The van der Waals surface area contributed by atoms with Crippen LogP contribution in [0.2, 0.25) is 0 Å². The lowest BCUT2D eigenvalue weighted by Gasteiger charge is -2.37. The molecular formula is C14H22N2O3S2. The molecular weight excluding hydrogens is 308 g/mol. The highest BCUT2D eigenvalue weighted by atomic mass is 32.2. The van der Waals surface area contributed by atoms with Gasteiger partial charge in [0.1, 0.15) is 4.21 Å². The zero-order valence-corrected chi connectivity index (χ0v) is 14.1. The average Bonchev–Trinajstić information content (AvgIpc) is 3.11. The van der Waals surface area contributed by atoms with E-state index >= 15 is 0 Å². The first-order chi connectivity index (χ1) is 9.87. The first kappa shape index (κ1) is 15.4. The summed E-state index contributed by atoms with van der Waals surface area (Å²) in [5, 5.41) is 3.41. The maximum atomic E-state index is 12.7. The number of hydrogen-bond acceptors (Lipinski definition) is 5. The quantitative estimate of drug-likeness (QED) is 0.894. The van der Waals surface area contributed by atoms with E-state index in [-0.39, 0.29) is 0 Å². The second-order valence-electron chi connectivity index (χ2n) is 6.32. The summed E-state index contributed by atoms with van der Waals surface area (Å²) in [5.41, 5.74) is -0.418. The monoisotopic (exact) mass is 330 g/mol. The van der Waals surface area contributed by atoms with E-state index in [9.17, 15) is 8.42 Å². The third-order valence-corrected chi connectivity index (χ3v) is 7.16. The normalized spacial score (nSPS) is 23.3. The molecule has 2 heterocycles. The average molecular weight is 330 g/mol. The highest BCUT2D eigenvalue weighted by Gasteiger charge is 2.35. The van der Waals surface area contributed by atoms with Crippen molar-refractivity contribution in [2.75, 3.05) is 19.7 Å². The predicted octanol–water partition coefficient (Wildman–Crippen LogP) is 1.80. The van der Waals surface area contributed by atoms with Crippen molar-refractivity contribution in [1.29, 1.82) is 0 Å². The van der Waals surface area contributed by atoms with Crippen LogP contribution >= 0.6 is 11.3 Å². The summed E-state index contributed by atoms with van der Waals surface area (Å²) in [6, 6.07) is 4.28. The standard InChI is InChI=1S/C14H22N2O3S2/c1-14(2)10-16(7-8-19-14)21(17,18)13-6-5-12(20-13)9-15-11-3-4-11/h5-6,11,15H,3-4,7-10H2,1-2H3. The number of thiophene rings is 1. The third-order valence-electron chi connectivity index (χ3n) is 3.76. The van der Waals surface area contributed by atoms with Gasteiger partial charge in [-0.15, -0.1) is 11.3 Å². The second-order valence-corrected chi connectivity index (χ2v) is 9.66. The van der Waals surface area contributed by atoms with Crippen molar-refractivity contribution < 1.29 is 13.2 Å². The number of sulfonamides is 1. The molecule has 2 aliphatic rings. The molecule has 5 nitrogen and oxygen atoms in total. The maximum absolute atomic E-state index is 12.7. The van der Waals surface area contributed by atoms with E-state index in [1.54, 1.807) is 10.4 Å². The number of rotatable bonds is 5. The van der Waals surface area contributed by atoms with Crippen LogP contribution in [0.4, 0.5) is 0 Å². The first-order valence-electron chi connectivity index (χ1n) is 7.33. The summed E-state index contributed by atoms with van der Waals surface area (Å²) < 4.78 is 33.0. The Balaban J connectivity index is 1.71. The Morgan fingerprint density at radius 2 is 2.19 bits per heavy atom. The number of hydrogen-bond donors (Lipinski definition) is 1. The van der Waals surface area contributed by atoms with E-state index in [4.69, 9.17) is 4.74 Å². The Hall–Kier alpha value is -0.470. The molecule has 1 N–H and O–H groups in total. The summed E-state index contributed by atoms with van der Waals surface area (Å²) in [4.78, 5) is 1.08. The highest BCUT2D eigenvalue weighted by Crippen LogP contribution is 2.29. The van der Waals surface area contributed by atoms with Crippen molar-refractivity contribution in [2.24, 2.45) is 0 Å². The topological polar surface area (TPSA) is 58.6 Å². The molecule has 0 atom stereocenters. The summed E-state index contributed by atoms with van der Waals surface area (Å²) in [6.07, 6.45) is 2.47. The van der Waals surface area contributed by atoms with E-state index in [2.05, 4.69) is 5.32 Å². The highest BCUT2D eigenvalue weighted by molar-refractivity contribution is 7.91. The summed E-state index contributed by atoms with van der Waals surface area (Å²) >= 11 is 1.37. The Morgan fingerprint density at radius 1 is 1.43 bits per heavy atom. The van der Waals surface area contributed by atoms with Gasteiger partial charge in [-0.2, -0.15) is 4.31 Å². The molecule has 0 spiro atoms. The van der Waals surface area contributed by atoms with Crippen LogP contribution in [0.1, 0.15) is 31.6 Å². The van der Waals surface area contributed by atoms with Crippen LogP contribution in [0.25, 0.3) is 0 Å². The molecule has 21 heavy (non-hydrogen) atoms. The molecule has 0 bridgehead atoms. The largest absolute Gasteiger partial charge is 0.373 e. The molecule has 2 fully saturated rings. The Morgan fingerprint density at radius 3 is 2.86 bits per heavy atom. The SMILES string of the molecule is CC1(C)CN(S(=O)(=O)c2ccc(CNC3CC3)s2)CCO1. The lowest BCUT2D eigenvalue weighted by molar-refractivity contribution is -0.0639. The Bertz CT molecular complexity index is 605. The minimum Gasteiger partial charge on any atom is -0.373 e. The van der Waals surface area contributed by atoms with Crippen LogP contribution in [0.15, 0.2) is 16.3 Å². The summed E-state index contributed by atoms with van der Waals surface area (Å²) in [7, 11) is -3.39. The summed E-state index contributed by atoms with van der Waals surface area (Å²) in [5.74, 6) is 0. The minimum atomic E-state index is -3.39. The fourth-order valence-electron chi connectivity index (χ4n) is 2.43. The van der Waals surface area contributed by atoms with Gasteiger partial charge in [0.2, 0.25) is 0 Å². The number of ether oxygens (including phenoxy) is 1. The van der Waals surface area contributed by atoms with Gasteiger partial charge in [-0.05, 0) is 38.8 Å². The fourth-order valence-corrected chi connectivity index (χ4v) is 5.46. The fraction of sp³-hybridized carbons (Fsp3) is 0.714. The van der Waals surface area contributed by atoms with Gasteiger partial charge in [0.15, 0.2) is 0 Å². The first-order valence-corrected chi connectivity index (χ1v) is 9.59. The van der Waals surface area contributed by atoms with Gasteiger partial charge in [0.05, 0.1) is 12.2 Å². The molecule has 0 aromatic carbocycles. The molecule has 1 aliphatic heterocycles. The van der Waals surface area contributed by atoms with Gasteiger partial charge >= 0.3 is 0 Å². The number of morpholine rings is 1. The zero-order chi connectivity index (χ0) is 15.1. The van der Waals surface area contributed by atoms with Crippen molar-refractivity contribution in [1.82, 2.24) is 9.62 Å². The van der Waals surface area contributed by atoms with Crippen LogP contribution in [-0.2, 0) is 21.3 Å². The van der Waals surface area contributed by atoms with Gasteiger partial charge < -0.3 is 10.1 Å². The van der Waals surface area contributed by atoms with E-state index < -0.39 is 15.6 Å². The lowest BCUT2D eigenvalue weighted by Crippen LogP contribution is -2.50. The van der Waals surface area contributed by atoms with E-state index in [0.717, 1.165) is 11.4 Å². The molecule has 0 radical (unpaired) electrons. The van der Waals surface area contributed by atoms with Crippen molar-refractivity contribution in [3.8, 4) is 0 Å². The van der Waals surface area contributed by atoms with Crippen LogP contribution in [0, 0.1) is 0 Å². The molecule has 118 valence electrons. The zero-order valence-electron chi connectivity index (χ0n) is 12.5. The minimum absolute atomic E-state index is 0.406. The smallest absolute Gasteiger partial charge is 0.252 e. The Kier molecular flexibility index (Phi) is 4.13. The van der Waals surface area contributed by atoms with Crippen molar-refractivity contribution in [2.45, 2.75) is 49.1 Å². The Labute approximate surface area is 130 Å². The van der Waals surface area contributed by atoms with E-state index in [1.165, 1.54) is 24.2 Å². The third kappa shape index (κ3) is 3.65. The number of nitrogens with one attached hydrogen (secondary N) is 1. The molecule has 7 heteroatoms. The summed E-state index contributed by atoms with van der Waals surface area (Å²) in [6.45, 7) is 5.90. The molecule has 1 aromatic heterocycles. The van der Waals surface area contributed by atoms with E-state index in [1.807, 2.05) is 19.9 Å². The van der Waals surface area contributed by atoms with Crippen LogP contribution < -0.4 is 5.32 Å². The molecule has 0 amide bonds. The van der Waals surface area contributed by atoms with E-state index in [0.29, 0.717) is 29.9 Å². The molecule has 1 aliphatic carbocycles. The van der Waals surface area contributed by atoms with Crippen LogP contribution in [-0.4, -0.2) is 44.1 Å². The van der Waals surface area contributed by atoms with Crippen LogP contribution in [0.5, 0.6) is 0 Å². The number of nitrogens with zero attached hydrogens (tertiary/aromatic N) is 1. The van der Waals surface area contributed by atoms with Crippen molar-refractivity contribution >= 4 is 21.4 Å². The lowest BCUT2D eigenvalue weighted by atomic mass is 10.1. The van der Waals surface area contributed by atoms with Gasteiger partial charge in [-0.1, -0.05) is 0 Å². The molecule has 1 saturated heterocycles. The molecule has 0 unspecified atom stereocenters. The molecule has 1 aromatic rings. The molecule has 1 saturated carbocycles. The van der Waals surface area contributed by atoms with Crippen molar-refractivity contribution in [3.63, 3.8) is 0 Å². The van der Waals surface area contributed by atoms with Gasteiger partial charge in [0.25, 0.3) is 10.0 Å². The second kappa shape index (κ2) is 5.62. The van der Waals surface area contributed by atoms with Gasteiger partial charge in [-0.3, -0.25) is 0 Å². The van der Waals surface area contributed by atoms with Crippen molar-refractivity contribution in [3.05, 3.63) is 17.0 Å². The molecule has 3 rings (SSSR count). The van der Waals surface area contributed by atoms with Gasteiger partial charge in [0, 0.05) is 30.6 Å². The van der Waals surface area contributed by atoms with Gasteiger partial charge in [-0.25, -0.2) is 8.42 Å². The van der Waals surface area contributed by atoms with Crippen LogP contribution in [0.3, 0.4) is 0 Å². The predicted molar refractivity (Wildman–Crippen MR) is 83.0 cm³/mol.